The third-order valence-corrected chi connectivity index (χ3v) is 5.26. The van der Waals surface area contributed by atoms with Gasteiger partial charge >= 0.3 is 0 Å². The van der Waals surface area contributed by atoms with Crippen molar-refractivity contribution in [3.63, 3.8) is 0 Å². The summed E-state index contributed by atoms with van der Waals surface area (Å²) in [5.41, 5.74) is 0.00836. The van der Waals surface area contributed by atoms with Crippen LogP contribution in [-0.2, 0) is 0 Å². The van der Waals surface area contributed by atoms with Gasteiger partial charge in [-0.2, -0.15) is 0 Å². The van der Waals surface area contributed by atoms with Crippen molar-refractivity contribution in [3.8, 4) is 0 Å². The van der Waals surface area contributed by atoms with E-state index in [2.05, 4.69) is 47.1 Å². The van der Waals surface area contributed by atoms with Gasteiger partial charge in [-0.3, -0.25) is 4.79 Å². The first-order valence-corrected chi connectivity index (χ1v) is 8.59. The number of pyridine rings is 1. The highest BCUT2D eigenvalue weighted by Gasteiger charge is 2.21. The van der Waals surface area contributed by atoms with Crippen LogP contribution >= 0.6 is 0 Å². The van der Waals surface area contributed by atoms with Crippen LogP contribution < -0.4 is 10.5 Å². The fraction of sp³-hybridized carbons (Fsp3) is 0.350. The van der Waals surface area contributed by atoms with Crippen LogP contribution in [0, 0.1) is 0 Å². The summed E-state index contributed by atoms with van der Waals surface area (Å²) in [6, 6.07) is 15.0. The molecule has 1 aliphatic heterocycles. The van der Waals surface area contributed by atoms with Gasteiger partial charge in [0.05, 0.1) is 5.39 Å². The molecule has 0 amide bonds. The molecular formula is C20H23N3O. The highest BCUT2D eigenvalue weighted by Crippen LogP contribution is 2.26. The van der Waals surface area contributed by atoms with E-state index in [0.29, 0.717) is 6.04 Å². The van der Waals surface area contributed by atoms with Crippen LogP contribution in [0.2, 0.25) is 0 Å². The SMILES string of the molecule is CN(C)C1CCN(c2cc3ccc4ccccc4c3c(=O)[nH]2)CC1. The van der Waals surface area contributed by atoms with Gasteiger partial charge in [0.15, 0.2) is 0 Å². The van der Waals surface area contributed by atoms with Crippen LogP contribution in [-0.4, -0.2) is 43.1 Å². The number of piperidine rings is 1. The number of aromatic nitrogens is 1. The maximum Gasteiger partial charge on any atom is 0.258 e. The number of fused-ring (bicyclic) bond motifs is 3. The van der Waals surface area contributed by atoms with E-state index in [1.54, 1.807) is 0 Å². The van der Waals surface area contributed by atoms with Gasteiger partial charge < -0.3 is 14.8 Å². The first kappa shape index (κ1) is 15.2. The van der Waals surface area contributed by atoms with Crippen molar-refractivity contribution in [2.45, 2.75) is 18.9 Å². The lowest BCUT2D eigenvalue weighted by Gasteiger charge is -2.36. The molecule has 3 aromatic rings. The fourth-order valence-corrected chi connectivity index (χ4v) is 3.82. The number of rotatable bonds is 2. The predicted molar refractivity (Wildman–Crippen MR) is 101 cm³/mol. The molecule has 0 unspecified atom stereocenters. The third kappa shape index (κ3) is 2.57. The Balaban J connectivity index is 1.74. The third-order valence-electron chi connectivity index (χ3n) is 5.26. The zero-order chi connectivity index (χ0) is 16.7. The molecule has 2 aromatic carbocycles. The monoisotopic (exact) mass is 321 g/mol. The average molecular weight is 321 g/mol. The molecular weight excluding hydrogens is 298 g/mol. The van der Waals surface area contributed by atoms with Gasteiger partial charge in [0, 0.05) is 19.1 Å². The van der Waals surface area contributed by atoms with Crippen LogP contribution in [0.3, 0.4) is 0 Å². The highest BCUT2D eigenvalue weighted by molar-refractivity contribution is 6.07. The number of hydrogen-bond donors (Lipinski definition) is 1. The standard InChI is InChI=1S/C20H23N3O/c1-22(2)16-9-11-23(12-10-16)18-13-15-8-7-14-5-3-4-6-17(14)19(15)20(24)21-18/h3-8,13,16H,9-12H2,1-2H3,(H,21,24). The van der Waals surface area contributed by atoms with E-state index in [1.807, 2.05) is 24.3 Å². The minimum absolute atomic E-state index is 0.00836. The lowest BCUT2D eigenvalue weighted by molar-refractivity contribution is 0.249. The Morgan fingerprint density at radius 3 is 2.50 bits per heavy atom. The highest BCUT2D eigenvalue weighted by atomic mass is 16.1. The van der Waals surface area contributed by atoms with Gasteiger partial charge in [-0.05, 0) is 49.2 Å². The number of hydrogen-bond acceptors (Lipinski definition) is 3. The Kier molecular flexibility index (Phi) is 3.77. The van der Waals surface area contributed by atoms with Gasteiger partial charge in [-0.15, -0.1) is 0 Å². The van der Waals surface area contributed by atoms with Crippen LogP contribution in [0.4, 0.5) is 5.82 Å². The first-order valence-electron chi connectivity index (χ1n) is 8.59. The zero-order valence-electron chi connectivity index (χ0n) is 14.2. The zero-order valence-corrected chi connectivity index (χ0v) is 14.2. The van der Waals surface area contributed by atoms with E-state index in [-0.39, 0.29) is 5.56 Å². The molecule has 4 nitrogen and oxygen atoms in total. The van der Waals surface area contributed by atoms with Crippen LogP contribution in [0.15, 0.2) is 47.3 Å². The second-order valence-corrected chi connectivity index (χ2v) is 6.92. The van der Waals surface area contributed by atoms with Crippen LogP contribution in [0.1, 0.15) is 12.8 Å². The number of nitrogens with one attached hydrogen (secondary N) is 1. The fourth-order valence-electron chi connectivity index (χ4n) is 3.82. The van der Waals surface area contributed by atoms with E-state index in [1.165, 1.54) is 0 Å². The largest absolute Gasteiger partial charge is 0.358 e. The molecule has 0 atom stereocenters. The van der Waals surface area contributed by atoms with E-state index >= 15 is 0 Å². The number of benzene rings is 2. The van der Waals surface area contributed by atoms with Gasteiger partial charge in [-0.1, -0.05) is 36.4 Å². The molecule has 0 saturated carbocycles. The summed E-state index contributed by atoms with van der Waals surface area (Å²) >= 11 is 0. The summed E-state index contributed by atoms with van der Waals surface area (Å²) in [7, 11) is 4.28. The van der Waals surface area contributed by atoms with Gasteiger partial charge in [-0.25, -0.2) is 0 Å². The minimum Gasteiger partial charge on any atom is -0.358 e. The van der Waals surface area contributed by atoms with E-state index < -0.39 is 0 Å². The molecule has 1 fully saturated rings. The maximum absolute atomic E-state index is 12.7. The first-order chi connectivity index (χ1) is 11.6. The Labute approximate surface area is 141 Å². The molecule has 0 spiro atoms. The molecule has 0 radical (unpaired) electrons. The number of aromatic amines is 1. The number of anilines is 1. The Bertz CT molecular complexity index is 936. The quantitative estimate of drug-likeness (QED) is 0.737. The summed E-state index contributed by atoms with van der Waals surface area (Å²) in [5.74, 6) is 0.944. The molecule has 2 heterocycles. The van der Waals surface area contributed by atoms with Gasteiger partial charge in [0.25, 0.3) is 5.56 Å². The van der Waals surface area contributed by atoms with Crippen molar-refractivity contribution in [1.82, 2.24) is 9.88 Å². The smallest absolute Gasteiger partial charge is 0.258 e. The predicted octanol–water partition coefficient (Wildman–Crippen LogP) is 3.21. The van der Waals surface area contributed by atoms with E-state index in [9.17, 15) is 4.79 Å². The molecule has 1 aliphatic rings. The lowest BCUT2D eigenvalue weighted by atomic mass is 10.0. The normalized spacial score (nSPS) is 16.4. The second-order valence-electron chi connectivity index (χ2n) is 6.92. The summed E-state index contributed by atoms with van der Waals surface area (Å²) < 4.78 is 0. The molecule has 1 saturated heterocycles. The Morgan fingerprint density at radius 2 is 1.75 bits per heavy atom. The molecule has 4 rings (SSSR count). The van der Waals surface area contributed by atoms with E-state index in [4.69, 9.17) is 0 Å². The molecule has 1 N–H and O–H groups in total. The molecule has 1 aromatic heterocycles. The van der Waals surface area contributed by atoms with Crippen molar-refractivity contribution in [3.05, 3.63) is 52.8 Å². The van der Waals surface area contributed by atoms with E-state index in [0.717, 1.165) is 53.3 Å². The lowest BCUT2D eigenvalue weighted by Crippen LogP contribution is -2.42. The topological polar surface area (TPSA) is 39.3 Å². The minimum atomic E-state index is 0.00836. The molecule has 124 valence electrons. The van der Waals surface area contributed by atoms with Crippen molar-refractivity contribution >= 4 is 27.4 Å². The number of H-pyrrole nitrogens is 1. The van der Waals surface area contributed by atoms with Crippen molar-refractivity contribution < 1.29 is 0 Å². The summed E-state index contributed by atoms with van der Waals surface area (Å²) in [4.78, 5) is 20.5. The summed E-state index contributed by atoms with van der Waals surface area (Å²) in [6.45, 7) is 1.97. The summed E-state index contributed by atoms with van der Waals surface area (Å²) in [5, 5.41) is 3.94. The van der Waals surface area contributed by atoms with Crippen molar-refractivity contribution in [1.29, 1.82) is 0 Å². The number of nitrogens with zero attached hydrogens (tertiary/aromatic N) is 2. The van der Waals surface area contributed by atoms with Crippen LogP contribution in [0.5, 0.6) is 0 Å². The summed E-state index contributed by atoms with van der Waals surface area (Å²) in [6.07, 6.45) is 2.26. The molecule has 24 heavy (non-hydrogen) atoms. The molecule has 4 heteroatoms. The molecule has 0 aliphatic carbocycles. The Hall–Kier alpha value is -2.33. The van der Waals surface area contributed by atoms with Crippen LogP contribution in [0.25, 0.3) is 21.5 Å². The molecule has 0 bridgehead atoms. The van der Waals surface area contributed by atoms with Crippen molar-refractivity contribution in [2.24, 2.45) is 0 Å². The van der Waals surface area contributed by atoms with Gasteiger partial charge in [0.2, 0.25) is 0 Å². The van der Waals surface area contributed by atoms with Gasteiger partial charge in [0.1, 0.15) is 5.82 Å². The Morgan fingerprint density at radius 1 is 1.04 bits per heavy atom. The maximum atomic E-state index is 12.7. The average Bonchev–Trinajstić information content (AvgIpc) is 2.61. The second kappa shape index (κ2) is 5.95. The van der Waals surface area contributed by atoms with Crippen molar-refractivity contribution in [2.75, 3.05) is 32.1 Å².